The van der Waals surface area contributed by atoms with Crippen LogP contribution in [0.2, 0.25) is 0 Å². The number of carboxylic acid groups (broad SMARTS) is 1. The molecule has 6 nitrogen and oxygen atoms in total. The number of esters is 2. The Morgan fingerprint density at radius 2 is 1.91 bits per heavy atom. The van der Waals surface area contributed by atoms with Gasteiger partial charge in [-0.1, -0.05) is 6.08 Å². The van der Waals surface area contributed by atoms with Gasteiger partial charge < -0.3 is 14.6 Å². The number of carbonyl (C=O) groups excluding carboxylic acids is 2. The van der Waals surface area contributed by atoms with Gasteiger partial charge in [0.1, 0.15) is 6.10 Å². The molecule has 0 radical (unpaired) electrons. The number of aliphatic carboxylic acids is 1. The Balaban J connectivity index is 0.000000534. The summed E-state index contributed by atoms with van der Waals surface area (Å²) < 4.78 is 9.72. The molecular weight excluding hydrogens is 288 g/mol. The maximum absolute atomic E-state index is 11.1. The van der Waals surface area contributed by atoms with Crippen LogP contribution >= 0.6 is 0 Å². The third-order valence-corrected chi connectivity index (χ3v) is 3.12. The van der Waals surface area contributed by atoms with Crippen LogP contribution in [0.1, 0.15) is 46.5 Å². The first-order valence-electron chi connectivity index (χ1n) is 7.14. The molecule has 1 fully saturated rings. The molecule has 0 amide bonds. The Kier molecular flexibility index (Phi) is 9.58. The maximum atomic E-state index is 11.1. The van der Waals surface area contributed by atoms with Gasteiger partial charge in [-0.15, -0.1) is 0 Å². The molecular formula is C16H24O6. The first kappa shape index (κ1) is 19.9. The zero-order valence-corrected chi connectivity index (χ0v) is 13.5. The maximum Gasteiger partial charge on any atom is 0.333 e. The van der Waals surface area contributed by atoms with Gasteiger partial charge in [-0.05, 0) is 46.1 Å². The third-order valence-electron chi connectivity index (χ3n) is 3.12. The summed E-state index contributed by atoms with van der Waals surface area (Å²) in [5, 5.41) is 8.11. The van der Waals surface area contributed by atoms with Crippen molar-refractivity contribution in [2.24, 2.45) is 0 Å². The zero-order valence-electron chi connectivity index (χ0n) is 13.5. The predicted octanol–water partition coefficient (Wildman–Crippen LogP) is 2.63. The normalized spacial score (nSPS) is 19.3. The highest BCUT2D eigenvalue weighted by Gasteiger charge is 2.17. The number of methoxy groups -OCH3 is 1. The molecule has 0 aromatic carbocycles. The largest absolute Gasteiger partial charge is 0.478 e. The lowest BCUT2D eigenvalue weighted by Gasteiger charge is -2.11. The lowest BCUT2D eigenvalue weighted by atomic mass is 10.1. The molecule has 1 saturated heterocycles. The highest BCUT2D eigenvalue weighted by atomic mass is 16.5. The second-order valence-corrected chi connectivity index (χ2v) is 4.89. The Morgan fingerprint density at radius 3 is 2.36 bits per heavy atom. The minimum Gasteiger partial charge on any atom is -0.478 e. The quantitative estimate of drug-likeness (QED) is 0.636. The van der Waals surface area contributed by atoms with Gasteiger partial charge in [0.15, 0.2) is 0 Å². The standard InChI is InChI=1S/C11H16O4.C5H8O2/c1-8(11(13)14-2)7-9-5-3-4-6-10(12)15-9;1-3-4(2)5(6)7/h7,9H,3-6H2,1-2H3;3H,1-2H3,(H,6,7). The van der Waals surface area contributed by atoms with Gasteiger partial charge in [-0.25, -0.2) is 9.59 Å². The van der Waals surface area contributed by atoms with Crippen LogP contribution in [0.4, 0.5) is 0 Å². The van der Waals surface area contributed by atoms with E-state index in [1.165, 1.54) is 7.11 Å². The number of hydrogen-bond acceptors (Lipinski definition) is 5. The molecule has 1 aliphatic heterocycles. The van der Waals surface area contributed by atoms with Gasteiger partial charge in [0.25, 0.3) is 0 Å². The molecule has 1 heterocycles. The van der Waals surface area contributed by atoms with Crippen LogP contribution in [0.5, 0.6) is 0 Å². The number of allylic oxidation sites excluding steroid dienone is 1. The second-order valence-electron chi connectivity index (χ2n) is 4.89. The summed E-state index contributed by atoms with van der Waals surface area (Å²) in [5.74, 6) is -1.41. The van der Waals surface area contributed by atoms with Crippen LogP contribution in [-0.4, -0.2) is 36.2 Å². The minimum atomic E-state index is -0.845. The van der Waals surface area contributed by atoms with E-state index in [0.29, 0.717) is 17.6 Å². The zero-order chi connectivity index (χ0) is 17.1. The fourth-order valence-electron chi connectivity index (χ4n) is 1.65. The molecule has 1 atom stereocenters. The van der Waals surface area contributed by atoms with Crippen LogP contribution < -0.4 is 0 Å². The predicted molar refractivity (Wildman–Crippen MR) is 81.2 cm³/mol. The Bertz CT molecular complexity index is 461. The van der Waals surface area contributed by atoms with E-state index >= 15 is 0 Å². The molecule has 1 rings (SSSR count). The average molecular weight is 312 g/mol. The van der Waals surface area contributed by atoms with E-state index in [1.54, 1.807) is 32.9 Å². The summed E-state index contributed by atoms with van der Waals surface area (Å²) >= 11 is 0. The van der Waals surface area contributed by atoms with E-state index < -0.39 is 5.97 Å². The van der Waals surface area contributed by atoms with Crippen molar-refractivity contribution in [1.29, 1.82) is 0 Å². The van der Waals surface area contributed by atoms with Crippen molar-refractivity contribution in [2.45, 2.75) is 52.6 Å². The summed E-state index contributed by atoms with van der Waals surface area (Å²) in [4.78, 5) is 32.1. The summed E-state index contributed by atoms with van der Waals surface area (Å²) in [6, 6.07) is 0. The average Bonchev–Trinajstić information content (AvgIpc) is 2.69. The Labute approximate surface area is 130 Å². The second kappa shape index (κ2) is 10.6. The van der Waals surface area contributed by atoms with Crippen molar-refractivity contribution in [3.8, 4) is 0 Å². The molecule has 22 heavy (non-hydrogen) atoms. The molecule has 6 heteroatoms. The van der Waals surface area contributed by atoms with E-state index in [9.17, 15) is 14.4 Å². The third kappa shape index (κ3) is 8.24. The lowest BCUT2D eigenvalue weighted by Crippen LogP contribution is -2.15. The summed E-state index contributed by atoms with van der Waals surface area (Å²) in [6.07, 6.45) is 6.00. The van der Waals surface area contributed by atoms with E-state index in [-0.39, 0.29) is 18.0 Å². The fourth-order valence-corrected chi connectivity index (χ4v) is 1.65. The molecule has 1 aliphatic rings. The van der Waals surface area contributed by atoms with Crippen molar-refractivity contribution in [3.05, 3.63) is 23.3 Å². The van der Waals surface area contributed by atoms with E-state index in [0.717, 1.165) is 19.3 Å². The summed E-state index contributed by atoms with van der Waals surface area (Å²) in [6.45, 7) is 4.91. The van der Waals surface area contributed by atoms with Crippen LogP contribution in [0.15, 0.2) is 23.3 Å². The molecule has 0 aromatic heterocycles. The van der Waals surface area contributed by atoms with Gasteiger partial charge in [0.05, 0.1) is 7.11 Å². The molecule has 124 valence electrons. The highest BCUT2D eigenvalue weighted by molar-refractivity contribution is 5.87. The van der Waals surface area contributed by atoms with Crippen LogP contribution in [-0.2, 0) is 23.9 Å². The molecule has 1 unspecified atom stereocenters. The molecule has 1 N–H and O–H groups in total. The first-order valence-corrected chi connectivity index (χ1v) is 7.14. The van der Waals surface area contributed by atoms with Crippen molar-refractivity contribution >= 4 is 17.9 Å². The van der Waals surface area contributed by atoms with Gasteiger partial charge >= 0.3 is 17.9 Å². The monoisotopic (exact) mass is 312 g/mol. The van der Waals surface area contributed by atoms with Crippen molar-refractivity contribution in [1.82, 2.24) is 0 Å². The number of carbonyl (C=O) groups is 3. The molecule has 0 spiro atoms. The number of hydrogen-bond donors (Lipinski definition) is 1. The van der Waals surface area contributed by atoms with Gasteiger partial charge in [-0.2, -0.15) is 0 Å². The van der Waals surface area contributed by atoms with Crippen molar-refractivity contribution in [2.75, 3.05) is 7.11 Å². The minimum absolute atomic E-state index is 0.189. The Hall–Kier alpha value is -2.11. The molecule has 0 aliphatic carbocycles. The SMILES string of the molecule is CC=C(C)C(=O)O.COC(=O)C(C)=CC1CCCCC(=O)O1. The fraction of sp³-hybridized carbons (Fsp3) is 0.562. The summed E-state index contributed by atoms with van der Waals surface area (Å²) in [5.41, 5.74) is 0.872. The first-order chi connectivity index (χ1) is 10.3. The van der Waals surface area contributed by atoms with Crippen LogP contribution in [0.3, 0.4) is 0 Å². The van der Waals surface area contributed by atoms with Crippen LogP contribution in [0.25, 0.3) is 0 Å². The van der Waals surface area contributed by atoms with Crippen molar-refractivity contribution < 1.29 is 29.0 Å². The smallest absolute Gasteiger partial charge is 0.333 e. The summed E-state index contributed by atoms with van der Waals surface area (Å²) in [7, 11) is 1.33. The molecule has 0 bridgehead atoms. The number of cyclic esters (lactones) is 1. The van der Waals surface area contributed by atoms with Gasteiger partial charge in [0, 0.05) is 17.6 Å². The van der Waals surface area contributed by atoms with Gasteiger partial charge in [-0.3, -0.25) is 4.79 Å². The topological polar surface area (TPSA) is 89.9 Å². The number of carboxylic acids is 1. The Morgan fingerprint density at radius 1 is 1.27 bits per heavy atom. The van der Waals surface area contributed by atoms with Gasteiger partial charge in [0.2, 0.25) is 0 Å². The highest BCUT2D eigenvalue weighted by Crippen LogP contribution is 2.16. The molecule has 0 saturated carbocycles. The van der Waals surface area contributed by atoms with E-state index in [1.807, 2.05) is 0 Å². The van der Waals surface area contributed by atoms with Crippen LogP contribution in [0, 0.1) is 0 Å². The number of rotatable bonds is 3. The lowest BCUT2D eigenvalue weighted by molar-refractivity contribution is -0.146. The van der Waals surface area contributed by atoms with E-state index in [2.05, 4.69) is 4.74 Å². The van der Waals surface area contributed by atoms with Crippen molar-refractivity contribution in [3.63, 3.8) is 0 Å². The van der Waals surface area contributed by atoms with E-state index in [4.69, 9.17) is 9.84 Å². The molecule has 0 aromatic rings. The number of ether oxygens (including phenoxy) is 2.